The molecule has 6 atom stereocenters. The van der Waals surface area contributed by atoms with Gasteiger partial charge in [0.25, 0.3) is 0 Å². The number of amides is 2. The number of thioether (sulfide) groups is 1. The molecule has 0 aromatic rings. The van der Waals surface area contributed by atoms with Crippen molar-refractivity contribution >= 4 is 29.5 Å². The number of fused-ring (bicyclic) bond motifs is 1. The number of likely N-dealkylation sites (tertiary alicyclic amines) is 1. The molecular weight excluding hydrogens is 416 g/mol. The number of unbranched alkanes of at least 4 members (excludes halogenated alkanes) is 2. The maximum Gasteiger partial charge on any atom is 0.310 e. The van der Waals surface area contributed by atoms with Crippen LogP contribution in [0.5, 0.6) is 0 Å². The van der Waals surface area contributed by atoms with Gasteiger partial charge in [-0.25, -0.2) is 0 Å². The van der Waals surface area contributed by atoms with Crippen LogP contribution >= 0.6 is 11.8 Å². The lowest BCUT2D eigenvalue weighted by Gasteiger charge is -2.38. The molecule has 1 spiro atoms. The van der Waals surface area contributed by atoms with Crippen LogP contribution < -0.4 is 0 Å². The Morgan fingerprint density at radius 3 is 2.77 bits per heavy atom. The molecule has 1 N–H and O–H groups in total. The molecule has 0 aromatic carbocycles. The molecule has 0 saturated carbocycles. The Balaban J connectivity index is 1.98. The molecule has 174 valence electrons. The van der Waals surface area contributed by atoms with E-state index in [2.05, 4.69) is 13.5 Å². The lowest BCUT2D eigenvalue weighted by atomic mass is 9.71. The van der Waals surface area contributed by atoms with Gasteiger partial charge < -0.3 is 19.6 Å². The Bertz CT molecular complexity index is 716. The Hall–Kier alpha value is -1.54. The summed E-state index contributed by atoms with van der Waals surface area (Å²) >= 11 is 1.63. The zero-order valence-electron chi connectivity index (χ0n) is 18.9. The summed E-state index contributed by atoms with van der Waals surface area (Å²) in [5, 5.41) is 9.89. The summed E-state index contributed by atoms with van der Waals surface area (Å²) in [4.78, 5) is 43.7. The third kappa shape index (κ3) is 4.01. The van der Waals surface area contributed by atoms with Crippen LogP contribution in [0, 0.1) is 11.8 Å². The molecule has 2 unspecified atom stereocenters. The number of aliphatic hydroxyl groups is 1. The van der Waals surface area contributed by atoms with Crippen LogP contribution in [0.3, 0.4) is 0 Å². The van der Waals surface area contributed by atoms with E-state index < -0.39 is 28.7 Å². The second-order valence-electron chi connectivity index (χ2n) is 8.87. The summed E-state index contributed by atoms with van der Waals surface area (Å²) < 4.78 is 4.68. The number of aliphatic hydroxyl groups excluding tert-OH is 1. The smallest absolute Gasteiger partial charge is 0.310 e. The number of rotatable bonds is 11. The summed E-state index contributed by atoms with van der Waals surface area (Å²) in [6.07, 6.45) is 6.20. The lowest BCUT2D eigenvalue weighted by molar-refractivity contribution is -0.154. The van der Waals surface area contributed by atoms with Crippen molar-refractivity contribution < 1.29 is 24.2 Å². The van der Waals surface area contributed by atoms with Crippen molar-refractivity contribution in [3.63, 3.8) is 0 Å². The van der Waals surface area contributed by atoms with Gasteiger partial charge in [0, 0.05) is 18.3 Å². The van der Waals surface area contributed by atoms with Gasteiger partial charge in [0.1, 0.15) is 6.04 Å². The number of carbonyl (C=O) groups excluding carboxylic acids is 3. The van der Waals surface area contributed by atoms with Crippen molar-refractivity contribution in [2.45, 2.75) is 75.0 Å². The van der Waals surface area contributed by atoms with Crippen LogP contribution in [-0.2, 0) is 19.1 Å². The summed E-state index contributed by atoms with van der Waals surface area (Å²) in [6.45, 7) is 10.5. The second-order valence-corrected chi connectivity index (χ2v) is 10.5. The third-order valence-electron chi connectivity index (χ3n) is 6.96. The van der Waals surface area contributed by atoms with Crippen molar-refractivity contribution in [1.82, 2.24) is 9.80 Å². The van der Waals surface area contributed by atoms with E-state index in [1.807, 2.05) is 0 Å². The monoisotopic (exact) mass is 452 g/mol. The molecule has 3 saturated heterocycles. The fraction of sp³-hybridized carbons (Fsp3) is 0.783. The summed E-state index contributed by atoms with van der Waals surface area (Å²) in [6, 6.07) is -1.17. The van der Waals surface area contributed by atoms with Crippen molar-refractivity contribution in [2.24, 2.45) is 11.8 Å². The Labute approximate surface area is 189 Å². The highest BCUT2D eigenvalue weighted by Gasteiger charge is 2.74. The van der Waals surface area contributed by atoms with Crippen molar-refractivity contribution in [3.8, 4) is 0 Å². The van der Waals surface area contributed by atoms with Gasteiger partial charge in [-0.1, -0.05) is 25.8 Å². The molecule has 2 amide bonds. The molecule has 7 nitrogen and oxygen atoms in total. The van der Waals surface area contributed by atoms with Gasteiger partial charge >= 0.3 is 5.97 Å². The van der Waals surface area contributed by atoms with Gasteiger partial charge in [0.15, 0.2) is 0 Å². The number of esters is 1. The van der Waals surface area contributed by atoms with Gasteiger partial charge in [0.2, 0.25) is 11.8 Å². The van der Waals surface area contributed by atoms with Gasteiger partial charge in [-0.2, -0.15) is 0 Å². The SMILES string of the molecule is C=CCN(CCCCC)C(=O)C1N([C@H](C)CO)C(=O)[C@@H]2[C@@H](C(=O)OCC)[C@H]3CCC12S3. The van der Waals surface area contributed by atoms with Crippen LogP contribution in [0.1, 0.15) is 52.9 Å². The average molecular weight is 453 g/mol. The predicted octanol–water partition coefficient (Wildman–Crippen LogP) is 2.23. The number of nitrogens with zero attached hydrogens (tertiary/aromatic N) is 2. The standard InChI is InChI=1S/C23H36N2O5S/c1-5-8-9-13-24(12-6-2)21(28)19-23-11-10-16(31-23)17(22(29)30-7-3)18(23)20(27)25(19)15(4)14-26/h6,15-19,26H,2,5,7-14H2,1,3-4H3/t15-,16-,17+,18+,19?,23?/m1/s1. The Morgan fingerprint density at radius 1 is 1.42 bits per heavy atom. The molecule has 3 rings (SSSR count). The lowest BCUT2D eigenvalue weighted by Crippen LogP contribution is -2.57. The highest BCUT2D eigenvalue weighted by Crippen LogP contribution is 2.66. The first-order chi connectivity index (χ1) is 14.9. The summed E-state index contributed by atoms with van der Waals surface area (Å²) in [7, 11) is 0. The van der Waals surface area contributed by atoms with Crippen LogP contribution in [0.25, 0.3) is 0 Å². The highest BCUT2D eigenvalue weighted by atomic mass is 32.2. The van der Waals surface area contributed by atoms with Crippen LogP contribution in [0.4, 0.5) is 0 Å². The predicted molar refractivity (Wildman–Crippen MR) is 120 cm³/mol. The van der Waals surface area contributed by atoms with Crippen molar-refractivity contribution in [1.29, 1.82) is 0 Å². The first-order valence-electron chi connectivity index (χ1n) is 11.5. The van der Waals surface area contributed by atoms with Crippen molar-refractivity contribution in [3.05, 3.63) is 12.7 Å². The zero-order valence-corrected chi connectivity index (χ0v) is 19.7. The number of carbonyl (C=O) groups is 3. The number of hydrogen-bond donors (Lipinski definition) is 1. The first-order valence-corrected chi connectivity index (χ1v) is 12.4. The molecule has 0 radical (unpaired) electrons. The fourth-order valence-corrected chi connectivity index (χ4v) is 7.80. The molecule has 3 aliphatic rings. The van der Waals surface area contributed by atoms with Gasteiger partial charge in [-0.3, -0.25) is 14.4 Å². The molecule has 2 bridgehead atoms. The van der Waals surface area contributed by atoms with E-state index in [9.17, 15) is 19.5 Å². The first kappa shape index (κ1) is 24.1. The van der Waals surface area contributed by atoms with Crippen LogP contribution in [0.2, 0.25) is 0 Å². The largest absolute Gasteiger partial charge is 0.466 e. The molecule has 3 aliphatic heterocycles. The fourth-order valence-electron chi connectivity index (χ4n) is 5.61. The molecule has 8 heteroatoms. The van der Waals surface area contributed by atoms with Crippen LogP contribution in [0.15, 0.2) is 12.7 Å². The van der Waals surface area contributed by atoms with E-state index in [1.54, 1.807) is 41.5 Å². The van der Waals surface area contributed by atoms with Crippen LogP contribution in [-0.4, -0.2) is 81.1 Å². The summed E-state index contributed by atoms with van der Waals surface area (Å²) in [5.74, 6) is -1.72. The van der Waals surface area contributed by atoms with E-state index >= 15 is 0 Å². The molecule has 3 fully saturated rings. The van der Waals surface area contributed by atoms with Crippen molar-refractivity contribution in [2.75, 3.05) is 26.3 Å². The topological polar surface area (TPSA) is 87.2 Å². The quantitative estimate of drug-likeness (QED) is 0.294. The van der Waals surface area contributed by atoms with E-state index in [0.717, 1.165) is 32.1 Å². The maximum atomic E-state index is 13.9. The minimum atomic E-state index is -0.678. The molecule has 0 aliphatic carbocycles. The number of ether oxygens (including phenoxy) is 1. The van der Waals surface area contributed by atoms with Gasteiger partial charge in [0.05, 0.1) is 35.8 Å². The molecule has 3 heterocycles. The Kier molecular flexibility index (Phi) is 7.73. The second kappa shape index (κ2) is 9.94. The maximum absolute atomic E-state index is 13.9. The molecular formula is C23H36N2O5S. The normalized spacial score (nSPS) is 32.1. The van der Waals surface area contributed by atoms with E-state index in [4.69, 9.17) is 4.74 Å². The van der Waals surface area contributed by atoms with Gasteiger partial charge in [-0.15, -0.1) is 18.3 Å². The van der Waals surface area contributed by atoms with Gasteiger partial charge in [-0.05, 0) is 33.1 Å². The summed E-state index contributed by atoms with van der Waals surface area (Å²) in [5.41, 5.74) is 0. The minimum absolute atomic E-state index is 0.00262. The molecule has 31 heavy (non-hydrogen) atoms. The third-order valence-corrected chi connectivity index (χ3v) is 8.91. The Morgan fingerprint density at radius 2 is 2.16 bits per heavy atom. The zero-order chi connectivity index (χ0) is 22.8. The average Bonchev–Trinajstić information content (AvgIpc) is 3.39. The minimum Gasteiger partial charge on any atom is -0.466 e. The van der Waals surface area contributed by atoms with E-state index in [-0.39, 0.29) is 36.2 Å². The van der Waals surface area contributed by atoms with E-state index in [1.165, 1.54) is 0 Å². The van der Waals surface area contributed by atoms with E-state index in [0.29, 0.717) is 13.1 Å². The highest BCUT2D eigenvalue weighted by molar-refractivity contribution is 8.02. The number of hydrogen-bond acceptors (Lipinski definition) is 6. The molecule has 0 aromatic heterocycles.